The van der Waals surface area contributed by atoms with E-state index < -0.39 is 0 Å². The minimum atomic E-state index is -0.228. The molecule has 0 aliphatic carbocycles. The summed E-state index contributed by atoms with van der Waals surface area (Å²) in [4.78, 5) is 12.1. The predicted octanol–water partition coefficient (Wildman–Crippen LogP) is 3.75. The Morgan fingerprint density at radius 3 is 2.45 bits per heavy atom. The smallest absolute Gasteiger partial charge is 0.255 e. The normalized spacial score (nSPS) is 10.3. The average Bonchev–Trinajstić information content (AvgIpc) is 2.44. The first-order chi connectivity index (χ1) is 9.60. The zero-order valence-electron chi connectivity index (χ0n) is 10.7. The summed E-state index contributed by atoms with van der Waals surface area (Å²) in [6.07, 6.45) is 0.794. The minimum absolute atomic E-state index is 0.228. The Balaban J connectivity index is 2.13. The molecule has 0 aromatic heterocycles. The van der Waals surface area contributed by atoms with E-state index in [1.807, 2.05) is 12.1 Å². The second kappa shape index (κ2) is 6.75. The third-order valence-corrected chi connectivity index (χ3v) is 3.39. The monoisotopic (exact) mass is 308 g/mol. The molecule has 2 rings (SSSR count). The van der Waals surface area contributed by atoms with Gasteiger partial charge in [-0.05, 0) is 48.9 Å². The Bertz CT molecular complexity index is 612. The summed E-state index contributed by atoms with van der Waals surface area (Å²) in [6.45, 7) is 0.587. The van der Waals surface area contributed by atoms with Crippen LogP contribution in [0.1, 0.15) is 15.9 Å². The van der Waals surface area contributed by atoms with E-state index in [9.17, 15) is 4.79 Å². The Hall–Kier alpha value is -1.55. The van der Waals surface area contributed by atoms with Crippen molar-refractivity contribution in [2.24, 2.45) is 5.73 Å². The number of amides is 1. The molecule has 20 heavy (non-hydrogen) atoms. The Kier molecular flexibility index (Phi) is 5.01. The SMILES string of the molecule is NCCc1ccc(C(=O)Nc2cc(Cl)ccc2Cl)cc1. The molecule has 0 unspecified atom stereocenters. The van der Waals surface area contributed by atoms with Crippen LogP contribution in [-0.4, -0.2) is 12.5 Å². The van der Waals surface area contributed by atoms with Gasteiger partial charge in [-0.15, -0.1) is 0 Å². The van der Waals surface area contributed by atoms with Gasteiger partial charge in [-0.3, -0.25) is 4.79 Å². The van der Waals surface area contributed by atoms with Gasteiger partial charge < -0.3 is 11.1 Å². The summed E-state index contributed by atoms with van der Waals surface area (Å²) in [6, 6.07) is 12.2. The first-order valence-corrected chi connectivity index (χ1v) is 6.91. The molecule has 0 aliphatic heterocycles. The van der Waals surface area contributed by atoms with Gasteiger partial charge in [0, 0.05) is 10.6 Å². The standard InChI is InChI=1S/C15H14Cl2N2O/c16-12-5-6-13(17)14(9-12)19-15(20)11-3-1-10(2-4-11)7-8-18/h1-6,9H,7-8,18H2,(H,19,20). The van der Waals surface area contributed by atoms with Gasteiger partial charge in [-0.1, -0.05) is 35.3 Å². The summed E-state index contributed by atoms with van der Waals surface area (Å²) in [5.41, 5.74) is 7.64. The van der Waals surface area contributed by atoms with Crippen LogP contribution in [0, 0.1) is 0 Å². The van der Waals surface area contributed by atoms with Crippen molar-refractivity contribution >= 4 is 34.8 Å². The first kappa shape index (κ1) is 14.9. The fraction of sp³-hybridized carbons (Fsp3) is 0.133. The van der Waals surface area contributed by atoms with Crippen molar-refractivity contribution in [1.82, 2.24) is 0 Å². The van der Waals surface area contributed by atoms with Crippen molar-refractivity contribution in [3.05, 3.63) is 63.6 Å². The molecule has 0 saturated heterocycles. The van der Waals surface area contributed by atoms with Crippen molar-refractivity contribution in [3.63, 3.8) is 0 Å². The number of rotatable bonds is 4. The van der Waals surface area contributed by atoms with Gasteiger partial charge in [0.1, 0.15) is 0 Å². The molecule has 0 spiro atoms. The molecule has 2 aromatic rings. The van der Waals surface area contributed by atoms with Crippen LogP contribution in [-0.2, 0) is 6.42 Å². The molecule has 0 fully saturated rings. The number of hydrogen-bond donors (Lipinski definition) is 2. The Morgan fingerprint density at radius 2 is 1.80 bits per heavy atom. The van der Waals surface area contributed by atoms with Gasteiger partial charge in [-0.25, -0.2) is 0 Å². The topological polar surface area (TPSA) is 55.1 Å². The van der Waals surface area contributed by atoms with Crippen LogP contribution >= 0.6 is 23.2 Å². The maximum Gasteiger partial charge on any atom is 0.255 e. The zero-order chi connectivity index (χ0) is 14.5. The summed E-state index contributed by atoms with van der Waals surface area (Å²) < 4.78 is 0. The van der Waals surface area contributed by atoms with Crippen molar-refractivity contribution in [2.45, 2.75) is 6.42 Å². The van der Waals surface area contributed by atoms with Gasteiger partial charge in [0.05, 0.1) is 10.7 Å². The average molecular weight is 309 g/mol. The van der Waals surface area contributed by atoms with Crippen molar-refractivity contribution < 1.29 is 4.79 Å². The summed E-state index contributed by atoms with van der Waals surface area (Å²) in [5.74, 6) is -0.228. The number of carbonyl (C=O) groups excluding carboxylic acids is 1. The highest BCUT2D eigenvalue weighted by Gasteiger charge is 2.09. The van der Waals surface area contributed by atoms with Crippen molar-refractivity contribution in [1.29, 1.82) is 0 Å². The van der Waals surface area contributed by atoms with Gasteiger partial charge in [0.15, 0.2) is 0 Å². The highest BCUT2D eigenvalue weighted by molar-refractivity contribution is 6.35. The van der Waals surface area contributed by atoms with Gasteiger partial charge in [0.25, 0.3) is 5.91 Å². The Labute approximate surface area is 127 Å². The van der Waals surface area contributed by atoms with Crippen molar-refractivity contribution in [2.75, 3.05) is 11.9 Å². The number of nitrogens with two attached hydrogens (primary N) is 1. The number of hydrogen-bond acceptors (Lipinski definition) is 2. The molecule has 5 heteroatoms. The van der Waals surface area contributed by atoms with Crippen LogP contribution in [0.25, 0.3) is 0 Å². The second-order valence-electron chi connectivity index (χ2n) is 4.31. The maximum absolute atomic E-state index is 12.1. The molecule has 0 atom stereocenters. The first-order valence-electron chi connectivity index (χ1n) is 6.15. The van der Waals surface area contributed by atoms with E-state index in [4.69, 9.17) is 28.9 Å². The fourth-order valence-corrected chi connectivity index (χ4v) is 2.11. The molecule has 2 aromatic carbocycles. The highest BCUT2D eigenvalue weighted by Crippen LogP contribution is 2.25. The molecule has 104 valence electrons. The fourth-order valence-electron chi connectivity index (χ4n) is 1.78. The molecule has 0 aliphatic rings. The number of halogens is 2. The largest absolute Gasteiger partial charge is 0.330 e. The highest BCUT2D eigenvalue weighted by atomic mass is 35.5. The van der Waals surface area contributed by atoms with Gasteiger partial charge in [0.2, 0.25) is 0 Å². The molecule has 3 nitrogen and oxygen atoms in total. The second-order valence-corrected chi connectivity index (χ2v) is 5.16. The van der Waals surface area contributed by atoms with Crippen LogP contribution in [0.3, 0.4) is 0 Å². The third kappa shape index (κ3) is 3.73. The Morgan fingerprint density at radius 1 is 1.10 bits per heavy atom. The van der Waals surface area contributed by atoms with E-state index in [-0.39, 0.29) is 5.91 Å². The lowest BCUT2D eigenvalue weighted by Crippen LogP contribution is -2.12. The molecule has 1 amide bonds. The molecule has 0 saturated carbocycles. The number of anilines is 1. The van der Waals surface area contributed by atoms with Crippen LogP contribution < -0.4 is 11.1 Å². The summed E-state index contributed by atoms with van der Waals surface area (Å²) in [5, 5.41) is 3.70. The third-order valence-electron chi connectivity index (χ3n) is 2.83. The zero-order valence-corrected chi connectivity index (χ0v) is 12.2. The number of nitrogens with one attached hydrogen (secondary N) is 1. The molecular weight excluding hydrogens is 295 g/mol. The number of carbonyl (C=O) groups is 1. The molecule has 0 radical (unpaired) electrons. The lowest BCUT2D eigenvalue weighted by Gasteiger charge is -2.08. The van der Waals surface area contributed by atoms with Crippen LogP contribution in [0.5, 0.6) is 0 Å². The lowest BCUT2D eigenvalue weighted by molar-refractivity contribution is 0.102. The quantitative estimate of drug-likeness (QED) is 0.904. The van der Waals surface area contributed by atoms with Crippen molar-refractivity contribution in [3.8, 4) is 0 Å². The van der Waals surface area contributed by atoms with E-state index in [2.05, 4.69) is 5.32 Å². The molecule has 0 bridgehead atoms. The van der Waals surface area contributed by atoms with E-state index in [1.165, 1.54) is 0 Å². The van der Waals surface area contributed by atoms with Gasteiger partial charge >= 0.3 is 0 Å². The maximum atomic E-state index is 12.1. The van der Waals surface area contributed by atoms with E-state index in [1.54, 1.807) is 30.3 Å². The van der Waals surface area contributed by atoms with Crippen LogP contribution in [0.4, 0.5) is 5.69 Å². The molecule has 3 N–H and O–H groups in total. The van der Waals surface area contributed by atoms with Crippen LogP contribution in [0.2, 0.25) is 10.0 Å². The predicted molar refractivity (Wildman–Crippen MR) is 83.6 cm³/mol. The minimum Gasteiger partial charge on any atom is -0.330 e. The summed E-state index contributed by atoms with van der Waals surface area (Å²) >= 11 is 11.9. The lowest BCUT2D eigenvalue weighted by atomic mass is 10.1. The van der Waals surface area contributed by atoms with E-state index in [0.29, 0.717) is 27.8 Å². The summed E-state index contributed by atoms with van der Waals surface area (Å²) in [7, 11) is 0. The van der Waals surface area contributed by atoms with E-state index in [0.717, 1.165) is 12.0 Å². The van der Waals surface area contributed by atoms with Crippen LogP contribution in [0.15, 0.2) is 42.5 Å². The number of benzene rings is 2. The van der Waals surface area contributed by atoms with Gasteiger partial charge in [-0.2, -0.15) is 0 Å². The molecular formula is C15H14Cl2N2O. The van der Waals surface area contributed by atoms with E-state index >= 15 is 0 Å². The molecule has 0 heterocycles.